The molecule has 43 heavy (non-hydrogen) atoms. The lowest BCUT2D eigenvalue weighted by molar-refractivity contribution is -0.181. The van der Waals surface area contributed by atoms with Crippen molar-refractivity contribution < 1.29 is 37.0 Å². The maximum absolute atomic E-state index is 13.7. The van der Waals surface area contributed by atoms with Crippen molar-refractivity contribution in [2.45, 2.75) is 58.2 Å². The fourth-order valence-electron chi connectivity index (χ4n) is 4.03. The van der Waals surface area contributed by atoms with Crippen LogP contribution in [-0.4, -0.2) is 57.7 Å². The van der Waals surface area contributed by atoms with Crippen molar-refractivity contribution in [3.05, 3.63) is 60.0 Å². The predicted octanol–water partition coefficient (Wildman–Crippen LogP) is 6.31. The van der Waals surface area contributed by atoms with Crippen LogP contribution in [0, 0.1) is 0 Å². The first-order chi connectivity index (χ1) is 20.0. The van der Waals surface area contributed by atoms with Crippen LogP contribution in [0.2, 0.25) is 0 Å². The van der Waals surface area contributed by atoms with Gasteiger partial charge in [0.2, 0.25) is 5.91 Å². The van der Waals surface area contributed by atoms with E-state index in [1.54, 1.807) is 59.4 Å². The van der Waals surface area contributed by atoms with Crippen molar-refractivity contribution in [1.29, 1.82) is 0 Å². The maximum atomic E-state index is 13.7. The van der Waals surface area contributed by atoms with Gasteiger partial charge < -0.3 is 19.5 Å². The van der Waals surface area contributed by atoms with Gasteiger partial charge in [-0.3, -0.25) is 14.8 Å². The van der Waals surface area contributed by atoms with Crippen LogP contribution in [-0.2, 0) is 21.4 Å². The average molecular weight is 600 g/mol. The van der Waals surface area contributed by atoms with E-state index in [0.29, 0.717) is 33.0 Å². The van der Waals surface area contributed by atoms with Gasteiger partial charge in [0.1, 0.15) is 16.8 Å². The zero-order valence-corrected chi connectivity index (χ0v) is 24.8. The second-order valence-corrected chi connectivity index (χ2v) is 11.3. The lowest BCUT2D eigenvalue weighted by Crippen LogP contribution is -2.37. The van der Waals surface area contributed by atoms with E-state index in [0.717, 1.165) is 30.9 Å². The Bertz CT molecular complexity index is 1660. The zero-order chi connectivity index (χ0) is 31.7. The predicted molar refractivity (Wildman–Crippen MR) is 153 cm³/mol. The van der Waals surface area contributed by atoms with E-state index in [9.17, 15) is 22.8 Å². The molecular weight excluding hydrogens is 567 g/mol. The summed E-state index contributed by atoms with van der Waals surface area (Å²) in [6.07, 6.45) is -2.68. The highest BCUT2D eigenvalue weighted by Crippen LogP contribution is 2.40. The molecule has 1 N–H and O–H groups in total. The highest BCUT2D eigenvalue weighted by Gasteiger charge is 2.50. The molecule has 0 fully saturated rings. The molecule has 228 valence electrons. The van der Waals surface area contributed by atoms with E-state index in [-0.39, 0.29) is 12.2 Å². The number of rotatable bonds is 7. The van der Waals surface area contributed by atoms with E-state index < -0.39 is 34.9 Å². The number of hydrogen-bond donors (Lipinski definition) is 1. The monoisotopic (exact) mass is 599 g/mol. The van der Waals surface area contributed by atoms with Crippen molar-refractivity contribution in [3.8, 4) is 22.8 Å². The number of anilines is 1. The minimum Gasteiger partial charge on any atom is -0.493 e. The Morgan fingerprint density at radius 3 is 2.16 bits per heavy atom. The normalized spacial score (nSPS) is 12.2. The van der Waals surface area contributed by atoms with Crippen LogP contribution in [0.1, 0.15) is 45.9 Å². The number of benzene rings is 1. The number of halogens is 3. The van der Waals surface area contributed by atoms with E-state index >= 15 is 0 Å². The van der Waals surface area contributed by atoms with Crippen molar-refractivity contribution in [3.63, 3.8) is 0 Å². The van der Waals surface area contributed by atoms with E-state index in [2.05, 4.69) is 20.4 Å². The molecule has 0 saturated carbocycles. The molecule has 0 spiro atoms. The van der Waals surface area contributed by atoms with Crippen LogP contribution < -0.4 is 14.8 Å². The molecule has 4 aromatic rings. The molecule has 0 aliphatic heterocycles. The van der Waals surface area contributed by atoms with Crippen molar-refractivity contribution in [2.24, 2.45) is 0 Å². The lowest BCUT2D eigenvalue weighted by Gasteiger charge is -2.25. The number of hydrogen-bond acceptors (Lipinski definition) is 8. The average Bonchev–Trinajstić information content (AvgIpc) is 3.35. The van der Waals surface area contributed by atoms with Crippen LogP contribution in [0.25, 0.3) is 22.2 Å². The molecule has 4 rings (SSSR count). The summed E-state index contributed by atoms with van der Waals surface area (Å²) in [5, 5.41) is 7.16. The van der Waals surface area contributed by atoms with Crippen LogP contribution in [0.3, 0.4) is 0 Å². The molecule has 0 aliphatic rings. The smallest absolute Gasteiger partial charge is 0.437 e. The molecule has 0 atom stereocenters. The van der Waals surface area contributed by atoms with Crippen LogP contribution in [0.15, 0.2) is 48.8 Å². The molecular formula is C30H32F3N5O5. The first-order valence-corrected chi connectivity index (χ1v) is 13.2. The Hall–Kier alpha value is -4.68. The van der Waals surface area contributed by atoms with Gasteiger partial charge in [0.05, 0.1) is 37.5 Å². The van der Waals surface area contributed by atoms with Gasteiger partial charge in [0.25, 0.3) is 0 Å². The number of pyridine rings is 2. The Labute approximate surface area is 246 Å². The Balaban J connectivity index is 1.54. The van der Waals surface area contributed by atoms with Gasteiger partial charge in [-0.05, 0) is 58.4 Å². The molecule has 3 heterocycles. The van der Waals surface area contributed by atoms with Gasteiger partial charge >= 0.3 is 12.3 Å². The fraction of sp³-hybridized carbons (Fsp3) is 0.367. The fourth-order valence-corrected chi connectivity index (χ4v) is 4.03. The third-order valence-electron chi connectivity index (χ3n) is 6.56. The highest BCUT2D eigenvalue weighted by atomic mass is 19.4. The molecule has 1 amide bonds. The topological polar surface area (TPSA) is 117 Å². The quantitative estimate of drug-likeness (QED) is 0.263. The molecule has 3 aromatic heterocycles. The van der Waals surface area contributed by atoms with E-state index in [4.69, 9.17) is 14.2 Å². The van der Waals surface area contributed by atoms with Gasteiger partial charge in [0.15, 0.2) is 11.5 Å². The number of aromatic nitrogens is 4. The molecule has 0 unspecified atom stereocenters. The zero-order valence-electron chi connectivity index (χ0n) is 24.8. The van der Waals surface area contributed by atoms with Gasteiger partial charge in [-0.1, -0.05) is 6.07 Å². The summed E-state index contributed by atoms with van der Waals surface area (Å²) in [5.41, 5.74) is -1.22. The van der Waals surface area contributed by atoms with Crippen LogP contribution >= 0.6 is 0 Å². The van der Waals surface area contributed by atoms with Crippen LogP contribution in [0.4, 0.5) is 23.8 Å². The summed E-state index contributed by atoms with van der Waals surface area (Å²) in [7, 11) is 3.09. The molecule has 1 aromatic carbocycles. The first-order valence-electron chi connectivity index (χ1n) is 13.2. The minimum absolute atomic E-state index is 0.169. The lowest BCUT2D eigenvalue weighted by atomic mass is 9.89. The molecule has 0 bridgehead atoms. The summed E-state index contributed by atoms with van der Waals surface area (Å²) in [6.45, 7) is 6.68. The Morgan fingerprint density at radius 1 is 0.907 bits per heavy atom. The third kappa shape index (κ3) is 6.87. The second-order valence-electron chi connectivity index (χ2n) is 11.3. The van der Waals surface area contributed by atoms with E-state index in [1.807, 2.05) is 12.1 Å². The molecule has 0 saturated heterocycles. The van der Waals surface area contributed by atoms with Crippen molar-refractivity contribution in [1.82, 2.24) is 19.7 Å². The highest BCUT2D eigenvalue weighted by molar-refractivity contribution is 5.93. The maximum Gasteiger partial charge on any atom is 0.437 e. The van der Waals surface area contributed by atoms with Gasteiger partial charge in [-0.25, -0.2) is 4.79 Å². The summed E-state index contributed by atoms with van der Waals surface area (Å²) in [4.78, 5) is 34.6. The molecule has 0 aliphatic carbocycles. The molecule has 0 radical (unpaired) electrons. The Morgan fingerprint density at radius 2 is 1.58 bits per heavy atom. The van der Waals surface area contributed by atoms with Gasteiger partial charge in [0, 0.05) is 35.5 Å². The minimum atomic E-state index is -4.66. The molecule has 13 heteroatoms. The third-order valence-corrected chi connectivity index (χ3v) is 6.56. The number of nitrogens with zero attached hydrogens (tertiary/aromatic N) is 4. The van der Waals surface area contributed by atoms with Crippen molar-refractivity contribution in [2.75, 3.05) is 19.5 Å². The number of methoxy groups -OCH3 is 2. The summed E-state index contributed by atoms with van der Waals surface area (Å²) >= 11 is 0. The van der Waals surface area contributed by atoms with Crippen molar-refractivity contribution >= 4 is 28.7 Å². The first kappa shape index (κ1) is 31.3. The summed E-state index contributed by atoms with van der Waals surface area (Å²) in [6, 6.07) is 9.93. The second kappa shape index (κ2) is 11.5. The number of fused-ring (bicyclic) bond motifs is 1. The number of alkyl halides is 3. The van der Waals surface area contributed by atoms with Gasteiger partial charge in [-0.2, -0.15) is 18.3 Å². The van der Waals surface area contributed by atoms with E-state index in [1.165, 1.54) is 6.20 Å². The Kier molecular flexibility index (Phi) is 8.39. The summed E-state index contributed by atoms with van der Waals surface area (Å²) < 4.78 is 57.7. The standard InChI is InChI=1S/C30H32F3N5O5/c1-28(2,3)43-27(40)38-25(14-24(37-38)29(4,5)30(31,32)33)36-26(39)10-17-8-9-20(34-15-17)19-11-18-12-22(41-6)23(42-7)13-21(18)35-16-19/h8-9,11-16H,10H2,1-7H3,(H,36,39). The number of carbonyl (C=O) groups excluding carboxylic acids is 2. The number of amides is 1. The SMILES string of the molecule is COc1cc2cc(-c3ccc(CC(=O)Nc4cc(C(C)(C)C(F)(F)F)nn4C(=O)OC(C)(C)C)cn3)cnc2cc1OC. The number of carbonyl (C=O) groups is 2. The number of nitrogens with one attached hydrogen (secondary N) is 1. The largest absolute Gasteiger partial charge is 0.493 e. The van der Waals surface area contributed by atoms with Gasteiger partial charge in [-0.15, -0.1) is 4.68 Å². The molecule has 10 nitrogen and oxygen atoms in total. The summed E-state index contributed by atoms with van der Waals surface area (Å²) in [5.74, 6) is 0.283. The van der Waals surface area contributed by atoms with Crippen LogP contribution in [0.5, 0.6) is 11.5 Å². The number of ether oxygens (including phenoxy) is 3.